The summed E-state index contributed by atoms with van der Waals surface area (Å²) in [5.74, 6) is -0.135. The first-order chi connectivity index (χ1) is 17.7. The van der Waals surface area contributed by atoms with Crippen LogP contribution >= 0.6 is 0 Å². The van der Waals surface area contributed by atoms with E-state index in [1.807, 2.05) is 23.7 Å². The molecule has 1 saturated carbocycles. The van der Waals surface area contributed by atoms with Crippen LogP contribution in [-0.4, -0.2) is 83.9 Å². The summed E-state index contributed by atoms with van der Waals surface area (Å²) in [5, 5.41) is 6.01. The van der Waals surface area contributed by atoms with Gasteiger partial charge in [0.25, 0.3) is 5.91 Å². The predicted octanol–water partition coefficient (Wildman–Crippen LogP) is 2.57. The Labute approximate surface area is 217 Å². The normalized spacial score (nSPS) is 17.6. The van der Waals surface area contributed by atoms with Gasteiger partial charge in [-0.2, -0.15) is 5.10 Å². The van der Waals surface area contributed by atoms with Gasteiger partial charge in [0.05, 0.1) is 22.9 Å². The lowest BCUT2D eigenvalue weighted by Gasteiger charge is -2.35. The standard InChI is InChI=1S/C25H34N8O3S/c1-5-37(35,36)30-24(34)20-11-19(16-12-26-25(27-13-16)31(2)3)21-22(17-14-32(4)15-17)29-33(23(21)28-20)18-9-7-6-8-10-18/h11-13,17-18H,5-10,14-15H2,1-4H3,(H,30,34). The van der Waals surface area contributed by atoms with E-state index in [4.69, 9.17) is 10.1 Å². The van der Waals surface area contributed by atoms with Gasteiger partial charge in [-0.25, -0.2) is 32.8 Å². The van der Waals surface area contributed by atoms with Crippen molar-refractivity contribution in [2.45, 2.75) is 51.0 Å². The quantitative estimate of drug-likeness (QED) is 0.494. The van der Waals surface area contributed by atoms with E-state index in [-0.39, 0.29) is 23.4 Å². The zero-order valence-electron chi connectivity index (χ0n) is 21.8. The molecule has 0 unspecified atom stereocenters. The first-order valence-electron chi connectivity index (χ1n) is 12.8. The fourth-order valence-corrected chi connectivity index (χ4v) is 5.73. The molecule has 37 heavy (non-hydrogen) atoms. The minimum atomic E-state index is -3.75. The van der Waals surface area contributed by atoms with E-state index in [0.717, 1.165) is 61.0 Å². The van der Waals surface area contributed by atoms with E-state index in [0.29, 0.717) is 11.6 Å². The number of rotatable bonds is 7. The monoisotopic (exact) mass is 526 g/mol. The Morgan fingerprint density at radius 3 is 2.41 bits per heavy atom. The van der Waals surface area contributed by atoms with Crippen LogP contribution in [0.2, 0.25) is 0 Å². The molecule has 0 radical (unpaired) electrons. The summed E-state index contributed by atoms with van der Waals surface area (Å²) in [6.45, 7) is 3.27. The number of carbonyl (C=O) groups excluding carboxylic acids is 1. The fourth-order valence-electron chi connectivity index (χ4n) is 5.20. The molecule has 198 valence electrons. The van der Waals surface area contributed by atoms with Crippen LogP contribution in [0.15, 0.2) is 18.5 Å². The van der Waals surface area contributed by atoms with Gasteiger partial charge < -0.3 is 9.80 Å². The van der Waals surface area contributed by atoms with Gasteiger partial charge in [0.2, 0.25) is 16.0 Å². The summed E-state index contributed by atoms with van der Waals surface area (Å²) in [6, 6.07) is 1.84. The van der Waals surface area contributed by atoms with Gasteiger partial charge in [-0.05, 0) is 32.9 Å². The van der Waals surface area contributed by atoms with Crippen molar-refractivity contribution in [3.05, 3.63) is 29.8 Å². The van der Waals surface area contributed by atoms with Crippen molar-refractivity contribution in [2.75, 3.05) is 44.9 Å². The SMILES string of the molecule is CCS(=O)(=O)NC(=O)c1cc(-c2cnc(N(C)C)nc2)c2c(C3CN(C)C3)nn(C3CCCCC3)c2n1. The van der Waals surface area contributed by atoms with Crippen LogP contribution in [0.4, 0.5) is 5.95 Å². The topological polar surface area (TPSA) is 126 Å². The minimum Gasteiger partial charge on any atom is -0.347 e. The van der Waals surface area contributed by atoms with Crippen LogP contribution < -0.4 is 9.62 Å². The highest BCUT2D eigenvalue weighted by Gasteiger charge is 2.33. The summed E-state index contributed by atoms with van der Waals surface area (Å²) >= 11 is 0. The van der Waals surface area contributed by atoms with Crippen LogP contribution in [-0.2, 0) is 10.0 Å². The van der Waals surface area contributed by atoms with Crippen molar-refractivity contribution in [1.29, 1.82) is 0 Å². The molecule has 0 bridgehead atoms. The summed E-state index contributed by atoms with van der Waals surface area (Å²) in [7, 11) is 2.07. The molecule has 1 aliphatic carbocycles. The number of pyridine rings is 1. The highest BCUT2D eigenvalue weighted by atomic mass is 32.2. The minimum absolute atomic E-state index is 0.0328. The molecule has 4 heterocycles. The molecule has 1 amide bonds. The lowest BCUT2D eigenvalue weighted by atomic mass is 9.92. The molecule has 3 aromatic heterocycles. The lowest BCUT2D eigenvalue weighted by Crippen LogP contribution is -2.42. The van der Waals surface area contributed by atoms with Crippen molar-refractivity contribution in [3.63, 3.8) is 0 Å². The van der Waals surface area contributed by atoms with Crippen molar-refractivity contribution in [1.82, 2.24) is 34.4 Å². The Bertz CT molecular complexity index is 1410. The van der Waals surface area contributed by atoms with Gasteiger partial charge in [0.15, 0.2) is 5.65 Å². The number of sulfonamides is 1. The van der Waals surface area contributed by atoms with Crippen LogP contribution in [0.25, 0.3) is 22.2 Å². The van der Waals surface area contributed by atoms with E-state index in [9.17, 15) is 13.2 Å². The molecule has 0 aromatic carbocycles. The Balaban J connectivity index is 1.73. The molecule has 1 aliphatic heterocycles. The first-order valence-corrected chi connectivity index (χ1v) is 14.5. The average Bonchev–Trinajstić information content (AvgIpc) is 3.25. The fraction of sp³-hybridized carbons (Fsp3) is 0.560. The van der Waals surface area contributed by atoms with E-state index in [1.165, 1.54) is 13.3 Å². The van der Waals surface area contributed by atoms with Gasteiger partial charge in [-0.3, -0.25) is 4.79 Å². The first kappa shape index (κ1) is 25.5. The highest BCUT2D eigenvalue weighted by molar-refractivity contribution is 7.90. The molecular formula is C25H34N8O3S. The molecule has 2 aliphatic rings. The van der Waals surface area contributed by atoms with Crippen molar-refractivity contribution in [2.24, 2.45) is 0 Å². The van der Waals surface area contributed by atoms with E-state index in [1.54, 1.807) is 18.5 Å². The third kappa shape index (κ3) is 5.04. The average molecular weight is 527 g/mol. The molecule has 1 saturated heterocycles. The number of likely N-dealkylation sites (N-methyl/N-ethyl adjacent to an activating group) is 1. The Hall–Kier alpha value is -3.12. The number of hydrogen-bond acceptors (Lipinski definition) is 9. The molecule has 0 atom stereocenters. The maximum atomic E-state index is 13.1. The van der Waals surface area contributed by atoms with Crippen LogP contribution in [0.3, 0.4) is 0 Å². The number of nitrogens with zero attached hydrogens (tertiary/aromatic N) is 7. The zero-order chi connectivity index (χ0) is 26.3. The second-order valence-electron chi connectivity index (χ2n) is 10.3. The number of anilines is 1. The largest absolute Gasteiger partial charge is 0.347 e. The third-order valence-electron chi connectivity index (χ3n) is 7.27. The number of carbonyl (C=O) groups is 1. The van der Waals surface area contributed by atoms with Crippen LogP contribution in [0.1, 0.15) is 67.2 Å². The zero-order valence-corrected chi connectivity index (χ0v) is 22.6. The molecule has 3 aromatic rings. The molecule has 12 heteroatoms. The van der Waals surface area contributed by atoms with E-state index < -0.39 is 15.9 Å². The van der Waals surface area contributed by atoms with Gasteiger partial charge in [0.1, 0.15) is 5.69 Å². The maximum absolute atomic E-state index is 13.1. The van der Waals surface area contributed by atoms with Crippen molar-refractivity contribution >= 4 is 32.9 Å². The van der Waals surface area contributed by atoms with Crippen LogP contribution in [0.5, 0.6) is 0 Å². The van der Waals surface area contributed by atoms with Gasteiger partial charge >= 0.3 is 0 Å². The number of hydrogen-bond donors (Lipinski definition) is 1. The Morgan fingerprint density at radius 1 is 1.14 bits per heavy atom. The summed E-state index contributed by atoms with van der Waals surface area (Å²) in [6.07, 6.45) is 8.90. The summed E-state index contributed by atoms with van der Waals surface area (Å²) < 4.78 is 28.5. The smallest absolute Gasteiger partial charge is 0.283 e. The number of fused-ring (bicyclic) bond motifs is 1. The third-order valence-corrected chi connectivity index (χ3v) is 8.53. The second kappa shape index (κ2) is 9.97. The predicted molar refractivity (Wildman–Crippen MR) is 142 cm³/mol. The Kier molecular flexibility index (Phi) is 6.88. The number of nitrogens with one attached hydrogen (secondary N) is 1. The Morgan fingerprint density at radius 2 is 1.81 bits per heavy atom. The van der Waals surface area contributed by atoms with Crippen LogP contribution in [0, 0.1) is 0 Å². The van der Waals surface area contributed by atoms with Crippen molar-refractivity contribution < 1.29 is 13.2 Å². The van der Waals surface area contributed by atoms with E-state index >= 15 is 0 Å². The molecule has 5 rings (SSSR count). The summed E-state index contributed by atoms with van der Waals surface area (Å²) in [5.41, 5.74) is 3.07. The lowest BCUT2D eigenvalue weighted by molar-refractivity contribution is 0.0977. The number of aromatic nitrogens is 5. The summed E-state index contributed by atoms with van der Waals surface area (Å²) in [4.78, 5) is 30.9. The van der Waals surface area contributed by atoms with E-state index in [2.05, 4.69) is 26.6 Å². The highest BCUT2D eigenvalue weighted by Crippen LogP contribution is 2.40. The maximum Gasteiger partial charge on any atom is 0.283 e. The molecular weight excluding hydrogens is 492 g/mol. The number of amides is 1. The van der Waals surface area contributed by atoms with Gasteiger partial charge in [-0.15, -0.1) is 0 Å². The molecule has 0 spiro atoms. The van der Waals surface area contributed by atoms with Gasteiger partial charge in [-0.1, -0.05) is 19.3 Å². The van der Waals surface area contributed by atoms with Gasteiger partial charge in [0, 0.05) is 56.6 Å². The second-order valence-corrected chi connectivity index (χ2v) is 12.3. The van der Waals surface area contributed by atoms with Crippen molar-refractivity contribution in [3.8, 4) is 11.1 Å². The molecule has 2 fully saturated rings. The number of likely N-dealkylation sites (tertiary alicyclic amines) is 1. The molecule has 11 nitrogen and oxygen atoms in total. The molecule has 1 N–H and O–H groups in total.